The van der Waals surface area contributed by atoms with E-state index in [4.69, 9.17) is 0 Å². The number of rotatable bonds is 4. The van der Waals surface area contributed by atoms with Gasteiger partial charge in [0.15, 0.2) is 0 Å². The van der Waals surface area contributed by atoms with Crippen LogP contribution in [0.25, 0.3) is 0 Å². The standard InChI is InChI=1S/C15H18N2O4/c1-10-5-3-7-13(17(20)21)14(10)15(19)16-8-4-6-12(16)9-11(2)18/h3,5,7,12H,4,6,8-9H2,1-2H3. The van der Waals surface area contributed by atoms with Crippen molar-refractivity contribution < 1.29 is 14.5 Å². The van der Waals surface area contributed by atoms with Crippen LogP contribution in [0, 0.1) is 17.0 Å². The minimum Gasteiger partial charge on any atom is -0.335 e. The molecule has 6 nitrogen and oxygen atoms in total. The van der Waals surface area contributed by atoms with E-state index in [0.29, 0.717) is 18.5 Å². The lowest BCUT2D eigenvalue weighted by Gasteiger charge is -2.24. The first-order valence-electron chi connectivity index (χ1n) is 6.96. The van der Waals surface area contributed by atoms with Crippen LogP contribution in [0.3, 0.4) is 0 Å². The first-order valence-corrected chi connectivity index (χ1v) is 6.96. The van der Waals surface area contributed by atoms with Gasteiger partial charge in [0, 0.05) is 25.1 Å². The number of amides is 1. The summed E-state index contributed by atoms with van der Waals surface area (Å²) < 4.78 is 0. The molecule has 0 spiro atoms. The first-order chi connectivity index (χ1) is 9.91. The van der Waals surface area contributed by atoms with Crippen molar-refractivity contribution in [3.8, 4) is 0 Å². The highest BCUT2D eigenvalue weighted by molar-refractivity contribution is 6.00. The van der Waals surface area contributed by atoms with Crippen LogP contribution in [0.15, 0.2) is 18.2 Å². The average molecular weight is 290 g/mol. The zero-order chi connectivity index (χ0) is 15.6. The van der Waals surface area contributed by atoms with E-state index in [0.717, 1.165) is 12.8 Å². The summed E-state index contributed by atoms with van der Waals surface area (Å²) in [4.78, 5) is 36.2. The zero-order valence-electron chi connectivity index (χ0n) is 12.2. The molecule has 1 saturated heterocycles. The average Bonchev–Trinajstić information content (AvgIpc) is 2.84. The van der Waals surface area contributed by atoms with E-state index >= 15 is 0 Å². The van der Waals surface area contributed by atoms with Crippen molar-refractivity contribution in [2.45, 2.75) is 39.2 Å². The molecule has 0 aromatic heterocycles. The third-order valence-electron chi connectivity index (χ3n) is 3.82. The Hall–Kier alpha value is -2.24. The molecule has 1 atom stereocenters. The van der Waals surface area contributed by atoms with Gasteiger partial charge in [0.1, 0.15) is 11.3 Å². The molecule has 0 aliphatic carbocycles. The van der Waals surface area contributed by atoms with E-state index in [1.54, 1.807) is 24.0 Å². The number of carbonyl (C=O) groups excluding carboxylic acids is 2. The predicted molar refractivity (Wildman–Crippen MR) is 77.2 cm³/mol. The minimum absolute atomic E-state index is 0.0268. The van der Waals surface area contributed by atoms with Crippen LogP contribution < -0.4 is 0 Å². The lowest BCUT2D eigenvalue weighted by Crippen LogP contribution is -2.37. The third kappa shape index (κ3) is 3.09. The van der Waals surface area contributed by atoms with Crippen LogP contribution in [0.2, 0.25) is 0 Å². The topological polar surface area (TPSA) is 80.5 Å². The molecule has 6 heteroatoms. The quantitative estimate of drug-likeness (QED) is 0.630. The molecule has 1 aliphatic rings. The lowest BCUT2D eigenvalue weighted by atomic mass is 10.0. The van der Waals surface area contributed by atoms with Crippen molar-refractivity contribution in [3.63, 3.8) is 0 Å². The molecule has 0 N–H and O–H groups in total. The molecule has 1 aliphatic heterocycles. The van der Waals surface area contributed by atoms with Gasteiger partial charge in [0.25, 0.3) is 11.6 Å². The van der Waals surface area contributed by atoms with Crippen molar-refractivity contribution in [1.82, 2.24) is 4.90 Å². The van der Waals surface area contributed by atoms with E-state index in [1.807, 2.05) is 0 Å². The molecule has 1 aromatic rings. The number of hydrogen-bond donors (Lipinski definition) is 0. The fraction of sp³-hybridized carbons (Fsp3) is 0.467. The van der Waals surface area contributed by atoms with Crippen molar-refractivity contribution in [2.75, 3.05) is 6.54 Å². The van der Waals surface area contributed by atoms with Gasteiger partial charge in [-0.15, -0.1) is 0 Å². The van der Waals surface area contributed by atoms with Gasteiger partial charge >= 0.3 is 0 Å². The largest absolute Gasteiger partial charge is 0.335 e. The fourth-order valence-electron chi connectivity index (χ4n) is 2.87. The maximum Gasteiger partial charge on any atom is 0.282 e. The Morgan fingerprint density at radius 1 is 1.43 bits per heavy atom. The highest BCUT2D eigenvalue weighted by atomic mass is 16.6. The van der Waals surface area contributed by atoms with Crippen molar-refractivity contribution in [2.24, 2.45) is 0 Å². The normalized spacial score (nSPS) is 17.8. The van der Waals surface area contributed by atoms with Crippen molar-refractivity contribution >= 4 is 17.4 Å². The highest BCUT2D eigenvalue weighted by Crippen LogP contribution is 2.28. The van der Waals surface area contributed by atoms with E-state index < -0.39 is 4.92 Å². The molecule has 0 radical (unpaired) electrons. The Labute approximate surface area is 122 Å². The summed E-state index contributed by atoms with van der Waals surface area (Å²) in [5.74, 6) is -0.317. The Balaban J connectivity index is 2.36. The number of hydrogen-bond acceptors (Lipinski definition) is 4. The second-order valence-electron chi connectivity index (χ2n) is 5.43. The number of benzene rings is 1. The summed E-state index contributed by atoms with van der Waals surface area (Å²) in [5.41, 5.74) is 0.550. The summed E-state index contributed by atoms with van der Waals surface area (Å²) in [6.45, 7) is 3.73. The SMILES string of the molecule is CC(=O)CC1CCCN1C(=O)c1c(C)cccc1[N+](=O)[O-]. The second kappa shape index (κ2) is 6.03. The Morgan fingerprint density at radius 2 is 2.14 bits per heavy atom. The van der Waals surface area contributed by atoms with Gasteiger partial charge in [-0.2, -0.15) is 0 Å². The molecule has 1 aromatic carbocycles. The molecule has 112 valence electrons. The van der Waals surface area contributed by atoms with Gasteiger partial charge in [-0.25, -0.2) is 0 Å². The Kier molecular flexibility index (Phi) is 4.35. The van der Waals surface area contributed by atoms with Crippen LogP contribution in [0.1, 0.15) is 42.1 Å². The van der Waals surface area contributed by atoms with Crippen LogP contribution in [0.5, 0.6) is 0 Å². The number of ketones is 1. The lowest BCUT2D eigenvalue weighted by molar-refractivity contribution is -0.385. The summed E-state index contributed by atoms with van der Waals surface area (Å²) in [5, 5.41) is 11.1. The molecule has 1 fully saturated rings. The van der Waals surface area contributed by atoms with Gasteiger partial charge in [0.2, 0.25) is 0 Å². The number of nitro benzene ring substituents is 1. The smallest absolute Gasteiger partial charge is 0.282 e. The first kappa shape index (κ1) is 15.2. The minimum atomic E-state index is -0.531. The Morgan fingerprint density at radius 3 is 2.76 bits per heavy atom. The van der Waals surface area contributed by atoms with Crippen LogP contribution in [-0.4, -0.2) is 34.1 Å². The molecule has 2 rings (SSSR count). The van der Waals surface area contributed by atoms with E-state index in [2.05, 4.69) is 0 Å². The van der Waals surface area contributed by atoms with E-state index in [9.17, 15) is 19.7 Å². The van der Waals surface area contributed by atoms with Gasteiger partial charge in [-0.1, -0.05) is 12.1 Å². The van der Waals surface area contributed by atoms with Crippen molar-refractivity contribution in [3.05, 3.63) is 39.4 Å². The molecule has 21 heavy (non-hydrogen) atoms. The number of carbonyl (C=O) groups is 2. The summed E-state index contributed by atoms with van der Waals surface area (Å²) in [6, 6.07) is 4.46. The highest BCUT2D eigenvalue weighted by Gasteiger charge is 2.34. The molecule has 1 unspecified atom stereocenters. The zero-order valence-corrected chi connectivity index (χ0v) is 12.2. The third-order valence-corrected chi connectivity index (χ3v) is 3.82. The second-order valence-corrected chi connectivity index (χ2v) is 5.43. The fourth-order valence-corrected chi connectivity index (χ4v) is 2.87. The van der Waals surface area contributed by atoms with E-state index in [-0.39, 0.29) is 29.0 Å². The van der Waals surface area contributed by atoms with Crippen molar-refractivity contribution in [1.29, 1.82) is 0 Å². The molecule has 0 bridgehead atoms. The number of nitrogens with zero attached hydrogens (tertiary/aromatic N) is 2. The van der Waals surface area contributed by atoms with Crippen LogP contribution in [0.4, 0.5) is 5.69 Å². The van der Waals surface area contributed by atoms with Gasteiger partial charge in [0.05, 0.1) is 4.92 Å². The van der Waals surface area contributed by atoms with Crippen LogP contribution >= 0.6 is 0 Å². The van der Waals surface area contributed by atoms with Gasteiger partial charge in [-0.05, 0) is 32.3 Å². The maximum atomic E-state index is 12.7. The predicted octanol–water partition coefficient (Wildman–Crippen LogP) is 2.49. The summed E-state index contributed by atoms with van der Waals surface area (Å²) in [7, 11) is 0. The maximum absolute atomic E-state index is 12.7. The Bertz CT molecular complexity index is 597. The number of aryl methyl sites for hydroxylation is 1. The number of nitro groups is 1. The molecular weight excluding hydrogens is 272 g/mol. The van der Waals surface area contributed by atoms with Gasteiger partial charge < -0.3 is 4.90 Å². The van der Waals surface area contributed by atoms with E-state index in [1.165, 1.54) is 13.0 Å². The number of likely N-dealkylation sites (tertiary alicyclic amines) is 1. The summed E-state index contributed by atoms with van der Waals surface area (Å²) in [6.07, 6.45) is 1.90. The molecule has 1 heterocycles. The monoisotopic (exact) mass is 290 g/mol. The molecule has 0 saturated carbocycles. The van der Waals surface area contributed by atoms with Gasteiger partial charge in [-0.3, -0.25) is 19.7 Å². The molecule has 1 amide bonds. The number of Topliss-reactive ketones (excluding diaryl/α,β-unsaturated/α-hetero) is 1. The molecular formula is C15H18N2O4. The summed E-state index contributed by atoms with van der Waals surface area (Å²) >= 11 is 0. The van der Waals surface area contributed by atoms with Crippen LogP contribution in [-0.2, 0) is 4.79 Å².